The van der Waals surface area contributed by atoms with E-state index in [4.69, 9.17) is 10.4 Å². The van der Waals surface area contributed by atoms with Gasteiger partial charge in [0.1, 0.15) is 0 Å². The normalized spacial score (nSPS) is 14.9. The molecule has 4 heteroatoms. The first-order chi connectivity index (χ1) is 10.6. The van der Waals surface area contributed by atoms with E-state index in [1.54, 1.807) is 0 Å². The monoisotopic (exact) mass is 294 g/mol. The summed E-state index contributed by atoms with van der Waals surface area (Å²) >= 11 is 0. The van der Waals surface area contributed by atoms with Crippen molar-refractivity contribution in [1.82, 2.24) is 14.7 Å². The van der Waals surface area contributed by atoms with Gasteiger partial charge in [0.05, 0.1) is 23.9 Å². The molecule has 0 amide bonds. The fourth-order valence-electron chi connectivity index (χ4n) is 3.10. The summed E-state index contributed by atoms with van der Waals surface area (Å²) in [4.78, 5) is 2.36. The summed E-state index contributed by atoms with van der Waals surface area (Å²) in [7, 11) is 2.17. The smallest absolute Gasteiger partial charge is 0.0991 e. The van der Waals surface area contributed by atoms with Crippen molar-refractivity contribution >= 4 is 0 Å². The molecular formula is C18H22N4. The van der Waals surface area contributed by atoms with E-state index in [2.05, 4.69) is 36.5 Å². The maximum atomic E-state index is 8.89. The molecule has 0 saturated heterocycles. The standard InChI is InChI=1S/C18H22N4/c1-13(2)18-16-12-21(3)9-8-17(16)22(20-18)11-15-6-4-14(10-19)5-7-15/h4-7,13H,8-9,11-12H2,1-3H3. The second kappa shape index (κ2) is 5.94. The lowest BCUT2D eigenvalue weighted by molar-refractivity contribution is 0.307. The van der Waals surface area contributed by atoms with Gasteiger partial charge in [0.2, 0.25) is 0 Å². The summed E-state index contributed by atoms with van der Waals surface area (Å²) in [5.74, 6) is 0.447. The van der Waals surface area contributed by atoms with Gasteiger partial charge in [0.25, 0.3) is 0 Å². The number of hydrogen-bond donors (Lipinski definition) is 0. The SMILES string of the molecule is CC(C)c1nn(Cc2ccc(C#N)cc2)c2c1CN(C)CC2. The van der Waals surface area contributed by atoms with Crippen molar-refractivity contribution in [2.75, 3.05) is 13.6 Å². The number of benzene rings is 1. The van der Waals surface area contributed by atoms with E-state index in [1.807, 2.05) is 24.3 Å². The molecule has 0 N–H and O–H groups in total. The first-order valence-electron chi connectivity index (χ1n) is 7.84. The van der Waals surface area contributed by atoms with E-state index in [9.17, 15) is 0 Å². The lowest BCUT2D eigenvalue weighted by atomic mass is 9.99. The Labute approximate surface area is 132 Å². The number of aromatic nitrogens is 2. The average Bonchev–Trinajstić information content (AvgIpc) is 2.86. The van der Waals surface area contributed by atoms with Crippen molar-refractivity contribution in [3.05, 3.63) is 52.3 Å². The van der Waals surface area contributed by atoms with Crippen LogP contribution in [0.2, 0.25) is 0 Å². The summed E-state index contributed by atoms with van der Waals surface area (Å²) < 4.78 is 2.17. The molecule has 1 aromatic heterocycles. The van der Waals surface area contributed by atoms with Crippen molar-refractivity contribution in [3.63, 3.8) is 0 Å². The summed E-state index contributed by atoms with van der Waals surface area (Å²) in [5.41, 5.74) is 5.92. The Kier molecular flexibility index (Phi) is 4.00. The van der Waals surface area contributed by atoms with Gasteiger partial charge in [-0.25, -0.2) is 0 Å². The Morgan fingerprint density at radius 2 is 2.00 bits per heavy atom. The third-order valence-electron chi connectivity index (χ3n) is 4.32. The summed E-state index contributed by atoms with van der Waals surface area (Å²) in [6, 6.07) is 9.97. The molecule has 0 aliphatic carbocycles. The van der Waals surface area contributed by atoms with Crippen LogP contribution in [0.5, 0.6) is 0 Å². The zero-order valence-corrected chi connectivity index (χ0v) is 13.5. The number of hydrogen-bond acceptors (Lipinski definition) is 3. The first-order valence-corrected chi connectivity index (χ1v) is 7.84. The van der Waals surface area contributed by atoms with Gasteiger partial charge in [-0.1, -0.05) is 26.0 Å². The highest BCUT2D eigenvalue weighted by molar-refractivity contribution is 5.34. The van der Waals surface area contributed by atoms with E-state index < -0.39 is 0 Å². The van der Waals surface area contributed by atoms with Gasteiger partial charge in [0.15, 0.2) is 0 Å². The van der Waals surface area contributed by atoms with Crippen LogP contribution in [0.25, 0.3) is 0 Å². The molecule has 4 nitrogen and oxygen atoms in total. The maximum absolute atomic E-state index is 8.89. The van der Waals surface area contributed by atoms with Gasteiger partial charge >= 0.3 is 0 Å². The largest absolute Gasteiger partial charge is 0.302 e. The molecule has 1 aliphatic heterocycles. The van der Waals surface area contributed by atoms with E-state index in [-0.39, 0.29) is 0 Å². The van der Waals surface area contributed by atoms with Crippen LogP contribution < -0.4 is 0 Å². The van der Waals surface area contributed by atoms with Gasteiger partial charge < -0.3 is 4.90 Å². The van der Waals surface area contributed by atoms with E-state index in [0.717, 1.165) is 26.1 Å². The predicted molar refractivity (Wildman–Crippen MR) is 86.6 cm³/mol. The Hall–Kier alpha value is -2.12. The second-order valence-corrected chi connectivity index (χ2v) is 6.42. The lowest BCUT2D eigenvalue weighted by Crippen LogP contribution is -2.28. The third-order valence-corrected chi connectivity index (χ3v) is 4.32. The molecule has 114 valence electrons. The molecule has 0 spiro atoms. The quantitative estimate of drug-likeness (QED) is 0.874. The zero-order chi connectivity index (χ0) is 15.7. The van der Waals surface area contributed by atoms with Crippen molar-refractivity contribution < 1.29 is 0 Å². The van der Waals surface area contributed by atoms with Gasteiger partial charge in [-0.2, -0.15) is 10.4 Å². The molecule has 0 atom stereocenters. The van der Waals surface area contributed by atoms with Crippen LogP contribution in [0.1, 0.15) is 47.8 Å². The molecular weight excluding hydrogens is 272 g/mol. The lowest BCUT2D eigenvalue weighted by Gasteiger charge is -2.24. The number of nitrogens with zero attached hydrogens (tertiary/aromatic N) is 4. The predicted octanol–water partition coefficient (Wildman–Crippen LogP) is 2.91. The highest BCUT2D eigenvalue weighted by Gasteiger charge is 2.24. The van der Waals surface area contributed by atoms with Crippen molar-refractivity contribution in [2.24, 2.45) is 0 Å². The van der Waals surface area contributed by atoms with Crippen molar-refractivity contribution in [2.45, 2.75) is 39.3 Å². The maximum Gasteiger partial charge on any atom is 0.0991 e. The average molecular weight is 294 g/mol. The molecule has 0 unspecified atom stereocenters. The molecule has 2 heterocycles. The Balaban J connectivity index is 1.93. The topological polar surface area (TPSA) is 44.9 Å². The van der Waals surface area contributed by atoms with Crippen molar-refractivity contribution in [3.8, 4) is 6.07 Å². The Bertz CT molecular complexity index is 704. The summed E-state index contributed by atoms with van der Waals surface area (Å²) in [6.45, 7) is 7.29. The van der Waals surface area contributed by atoms with Crippen LogP contribution in [0, 0.1) is 11.3 Å². The molecule has 1 aromatic carbocycles. The third kappa shape index (κ3) is 2.77. The number of likely N-dealkylation sites (N-methyl/N-ethyl adjacent to an activating group) is 1. The highest BCUT2D eigenvalue weighted by Crippen LogP contribution is 2.27. The van der Waals surface area contributed by atoms with Crippen LogP contribution in [0.4, 0.5) is 0 Å². The van der Waals surface area contributed by atoms with Gasteiger partial charge in [0, 0.05) is 30.8 Å². The van der Waals surface area contributed by atoms with Crippen molar-refractivity contribution in [1.29, 1.82) is 5.26 Å². The van der Waals surface area contributed by atoms with Crippen LogP contribution in [-0.4, -0.2) is 28.3 Å². The molecule has 3 rings (SSSR count). The van der Waals surface area contributed by atoms with E-state index in [1.165, 1.54) is 22.5 Å². The summed E-state index contributed by atoms with van der Waals surface area (Å²) in [5, 5.41) is 13.8. The van der Waals surface area contributed by atoms with Crippen LogP contribution >= 0.6 is 0 Å². The van der Waals surface area contributed by atoms with Crippen LogP contribution in [0.3, 0.4) is 0 Å². The Morgan fingerprint density at radius 3 is 2.64 bits per heavy atom. The molecule has 0 saturated carbocycles. The Morgan fingerprint density at radius 1 is 1.27 bits per heavy atom. The fourth-order valence-corrected chi connectivity index (χ4v) is 3.10. The second-order valence-electron chi connectivity index (χ2n) is 6.42. The fraction of sp³-hybridized carbons (Fsp3) is 0.444. The number of nitriles is 1. The molecule has 0 bridgehead atoms. The van der Waals surface area contributed by atoms with E-state index >= 15 is 0 Å². The summed E-state index contributed by atoms with van der Waals surface area (Å²) in [6.07, 6.45) is 1.06. The van der Waals surface area contributed by atoms with E-state index in [0.29, 0.717) is 11.5 Å². The number of fused-ring (bicyclic) bond motifs is 1. The molecule has 0 radical (unpaired) electrons. The highest BCUT2D eigenvalue weighted by atomic mass is 15.3. The zero-order valence-electron chi connectivity index (χ0n) is 13.5. The molecule has 0 fully saturated rings. The number of rotatable bonds is 3. The minimum atomic E-state index is 0.447. The minimum absolute atomic E-state index is 0.447. The minimum Gasteiger partial charge on any atom is -0.302 e. The van der Waals surface area contributed by atoms with Gasteiger partial charge in [-0.05, 0) is 30.7 Å². The first kappa shape index (κ1) is 14.8. The van der Waals surface area contributed by atoms with Gasteiger partial charge in [-0.15, -0.1) is 0 Å². The molecule has 2 aromatic rings. The van der Waals surface area contributed by atoms with Crippen LogP contribution in [0.15, 0.2) is 24.3 Å². The molecule has 1 aliphatic rings. The molecule has 22 heavy (non-hydrogen) atoms. The van der Waals surface area contributed by atoms with Gasteiger partial charge in [-0.3, -0.25) is 4.68 Å². The van der Waals surface area contributed by atoms with Crippen LogP contribution in [-0.2, 0) is 19.5 Å².